The van der Waals surface area contributed by atoms with E-state index in [2.05, 4.69) is 10.3 Å². The first-order chi connectivity index (χ1) is 8.06. The number of carboxylic acid groups (broad SMARTS) is 1. The molecule has 0 saturated heterocycles. The van der Waals surface area contributed by atoms with E-state index in [4.69, 9.17) is 17.3 Å². The largest absolute Gasteiger partial charge is 0.480 e. The molecule has 0 saturated carbocycles. The molecule has 5 heteroatoms. The van der Waals surface area contributed by atoms with Gasteiger partial charge in [-0.15, -0.1) is 0 Å². The maximum Gasteiger partial charge on any atom is 0.326 e. The standard InChI is InChI=1S/C12H12N2O2S/c1-7-2-4-8(5-3-7)9-6-10(11(15)16)14-12(17)13-9/h2-5,10H,6H2,1H3,(H,14,17)(H,15,16). The van der Waals surface area contributed by atoms with E-state index in [9.17, 15) is 4.79 Å². The number of aliphatic carboxylic acids is 1. The van der Waals surface area contributed by atoms with Crippen molar-refractivity contribution in [2.75, 3.05) is 0 Å². The zero-order valence-electron chi connectivity index (χ0n) is 9.30. The lowest BCUT2D eigenvalue weighted by molar-refractivity contribution is -0.138. The minimum absolute atomic E-state index is 0.235. The summed E-state index contributed by atoms with van der Waals surface area (Å²) < 4.78 is 0. The molecule has 1 unspecified atom stereocenters. The number of hydrogen-bond donors (Lipinski definition) is 2. The van der Waals surface area contributed by atoms with E-state index in [1.807, 2.05) is 31.2 Å². The number of hydrogen-bond acceptors (Lipinski definition) is 2. The Bertz CT molecular complexity index is 494. The maximum absolute atomic E-state index is 11.0. The second kappa shape index (κ2) is 4.63. The van der Waals surface area contributed by atoms with Crippen molar-refractivity contribution in [1.82, 2.24) is 5.32 Å². The number of carbonyl (C=O) groups is 1. The van der Waals surface area contributed by atoms with Crippen molar-refractivity contribution in [3.8, 4) is 0 Å². The lowest BCUT2D eigenvalue weighted by atomic mass is 10.0. The summed E-state index contributed by atoms with van der Waals surface area (Å²) in [4.78, 5) is 15.1. The van der Waals surface area contributed by atoms with E-state index >= 15 is 0 Å². The molecule has 1 aromatic carbocycles. The summed E-state index contributed by atoms with van der Waals surface area (Å²) >= 11 is 4.94. The Hall–Kier alpha value is -1.75. The fourth-order valence-corrected chi connectivity index (χ4v) is 1.92. The highest BCUT2D eigenvalue weighted by molar-refractivity contribution is 7.80. The molecule has 1 heterocycles. The van der Waals surface area contributed by atoms with Gasteiger partial charge in [0.1, 0.15) is 6.04 Å². The fraction of sp³-hybridized carbons (Fsp3) is 0.250. The summed E-state index contributed by atoms with van der Waals surface area (Å²) in [6, 6.07) is 7.12. The highest BCUT2D eigenvalue weighted by Gasteiger charge is 2.25. The Morgan fingerprint density at radius 2 is 2.12 bits per heavy atom. The highest BCUT2D eigenvalue weighted by atomic mass is 32.1. The van der Waals surface area contributed by atoms with Gasteiger partial charge in [-0.1, -0.05) is 29.8 Å². The van der Waals surface area contributed by atoms with Gasteiger partial charge in [-0.25, -0.2) is 9.79 Å². The van der Waals surface area contributed by atoms with Crippen LogP contribution in [0.5, 0.6) is 0 Å². The second-order valence-electron chi connectivity index (χ2n) is 3.97. The van der Waals surface area contributed by atoms with Crippen molar-refractivity contribution >= 4 is 29.0 Å². The van der Waals surface area contributed by atoms with Gasteiger partial charge >= 0.3 is 5.97 Å². The molecule has 0 amide bonds. The highest BCUT2D eigenvalue weighted by Crippen LogP contribution is 2.13. The van der Waals surface area contributed by atoms with Crippen LogP contribution in [0.3, 0.4) is 0 Å². The predicted molar refractivity (Wildman–Crippen MR) is 69.5 cm³/mol. The van der Waals surface area contributed by atoms with Gasteiger partial charge in [0.25, 0.3) is 0 Å². The van der Waals surface area contributed by atoms with Crippen LogP contribution in [0.25, 0.3) is 0 Å². The molecular weight excluding hydrogens is 236 g/mol. The van der Waals surface area contributed by atoms with Crippen LogP contribution < -0.4 is 5.32 Å². The molecule has 1 aliphatic heterocycles. The Morgan fingerprint density at radius 3 is 2.71 bits per heavy atom. The van der Waals surface area contributed by atoms with Crippen molar-refractivity contribution in [2.45, 2.75) is 19.4 Å². The average molecular weight is 248 g/mol. The van der Waals surface area contributed by atoms with E-state index in [1.165, 1.54) is 0 Å². The first-order valence-corrected chi connectivity index (χ1v) is 5.65. The molecule has 0 bridgehead atoms. The molecule has 4 nitrogen and oxygen atoms in total. The minimum Gasteiger partial charge on any atom is -0.480 e. The number of nitrogens with one attached hydrogen (secondary N) is 1. The van der Waals surface area contributed by atoms with Gasteiger partial charge in [-0.3, -0.25) is 0 Å². The van der Waals surface area contributed by atoms with Crippen LogP contribution in [-0.2, 0) is 4.79 Å². The smallest absolute Gasteiger partial charge is 0.326 e. The molecule has 1 aromatic rings. The van der Waals surface area contributed by atoms with Crippen molar-refractivity contribution < 1.29 is 9.90 Å². The van der Waals surface area contributed by atoms with Crippen LogP contribution in [0.15, 0.2) is 29.3 Å². The van der Waals surface area contributed by atoms with Crippen molar-refractivity contribution in [2.24, 2.45) is 4.99 Å². The maximum atomic E-state index is 11.0. The number of aliphatic imine (C=N–C) groups is 1. The average Bonchev–Trinajstić information content (AvgIpc) is 2.29. The van der Waals surface area contributed by atoms with Gasteiger partial charge < -0.3 is 10.4 Å². The van der Waals surface area contributed by atoms with Crippen LogP contribution in [-0.4, -0.2) is 27.9 Å². The summed E-state index contributed by atoms with van der Waals surface area (Å²) in [5, 5.41) is 11.9. The van der Waals surface area contributed by atoms with Crippen LogP contribution >= 0.6 is 12.2 Å². The molecule has 88 valence electrons. The van der Waals surface area contributed by atoms with Crippen molar-refractivity contribution in [3.05, 3.63) is 35.4 Å². The number of nitrogens with zero attached hydrogens (tertiary/aromatic N) is 1. The molecule has 0 spiro atoms. The van der Waals surface area contributed by atoms with Crippen LogP contribution in [0.4, 0.5) is 0 Å². The third-order valence-electron chi connectivity index (χ3n) is 2.61. The van der Waals surface area contributed by atoms with Crippen LogP contribution in [0.1, 0.15) is 17.5 Å². The summed E-state index contributed by atoms with van der Waals surface area (Å²) in [6.07, 6.45) is 0.346. The number of aryl methyl sites for hydroxylation is 1. The zero-order valence-corrected chi connectivity index (χ0v) is 10.1. The van der Waals surface area contributed by atoms with E-state index in [-0.39, 0.29) is 5.11 Å². The van der Waals surface area contributed by atoms with Gasteiger partial charge in [-0.2, -0.15) is 0 Å². The number of carboxylic acids is 1. The lowest BCUT2D eigenvalue weighted by Gasteiger charge is -2.21. The third-order valence-corrected chi connectivity index (χ3v) is 2.82. The third kappa shape index (κ3) is 2.68. The fourth-order valence-electron chi connectivity index (χ4n) is 1.67. The summed E-state index contributed by atoms with van der Waals surface area (Å²) in [5.74, 6) is -0.910. The molecule has 1 atom stereocenters. The predicted octanol–water partition coefficient (Wildman–Crippen LogP) is 1.52. The summed E-state index contributed by atoms with van der Waals surface area (Å²) in [7, 11) is 0. The number of thiocarbonyl (C=S) groups is 1. The molecule has 0 aromatic heterocycles. The van der Waals surface area contributed by atoms with E-state index in [0.29, 0.717) is 6.42 Å². The van der Waals surface area contributed by atoms with Gasteiger partial charge in [0.2, 0.25) is 0 Å². The molecule has 2 N–H and O–H groups in total. The van der Waals surface area contributed by atoms with Crippen molar-refractivity contribution in [1.29, 1.82) is 0 Å². The molecular formula is C12H12N2O2S. The quantitative estimate of drug-likeness (QED) is 0.779. The first kappa shape index (κ1) is 11.7. The molecule has 2 rings (SSSR count). The Balaban J connectivity index is 2.29. The van der Waals surface area contributed by atoms with Gasteiger partial charge in [-0.05, 0) is 24.7 Å². The minimum atomic E-state index is -0.910. The van der Waals surface area contributed by atoms with Crippen LogP contribution in [0.2, 0.25) is 0 Å². The lowest BCUT2D eigenvalue weighted by Crippen LogP contribution is -2.44. The molecule has 1 aliphatic rings. The van der Waals surface area contributed by atoms with Gasteiger partial charge in [0.05, 0.1) is 5.71 Å². The second-order valence-corrected chi connectivity index (χ2v) is 4.36. The van der Waals surface area contributed by atoms with Crippen LogP contribution in [0, 0.1) is 6.92 Å². The first-order valence-electron chi connectivity index (χ1n) is 5.24. The van der Waals surface area contributed by atoms with E-state index in [1.54, 1.807) is 0 Å². The Morgan fingerprint density at radius 1 is 1.47 bits per heavy atom. The number of benzene rings is 1. The van der Waals surface area contributed by atoms with E-state index in [0.717, 1.165) is 16.8 Å². The molecule has 0 radical (unpaired) electrons. The molecule has 0 aliphatic carbocycles. The SMILES string of the molecule is Cc1ccc(C2=NC(=S)NC(C(=O)O)C2)cc1. The normalized spacial score (nSPS) is 19.5. The zero-order chi connectivity index (χ0) is 12.4. The topological polar surface area (TPSA) is 61.7 Å². The monoisotopic (exact) mass is 248 g/mol. The summed E-state index contributed by atoms with van der Waals surface area (Å²) in [5.41, 5.74) is 2.80. The van der Waals surface area contributed by atoms with E-state index < -0.39 is 12.0 Å². The molecule has 17 heavy (non-hydrogen) atoms. The van der Waals surface area contributed by atoms with Gasteiger partial charge in [0, 0.05) is 6.42 Å². The Kier molecular flexibility index (Phi) is 3.19. The molecule has 0 fully saturated rings. The van der Waals surface area contributed by atoms with Gasteiger partial charge in [0.15, 0.2) is 5.11 Å². The number of rotatable bonds is 2. The summed E-state index contributed by atoms with van der Waals surface area (Å²) in [6.45, 7) is 2.00. The van der Waals surface area contributed by atoms with Crippen molar-refractivity contribution in [3.63, 3.8) is 0 Å². The Labute approximate surface area is 104 Å².